The average Bonchev–Trinajstić information content (AvgIpc) is 3.14. The lowest BCUT2D eigenvalue weighted by Gasteiger charge is -2.09. The first-order valence-electron chi connectivity index (χ1n) is 9.03. The summed E-state index contributed by atoms with van der Waals surface area (Å²) >= 11 is 6.05. The van der Waals surface area contributed by atoms with Crippen LogP contribution >= 0.6 is 11.6 Å². The van der Waals surface area contributed by atoms with Gasteiger partial charge in [-0.3, -0.25) is 14.5 Å². The number of anilines is 1. The molecule has 2 aromatic heterocycles. The van der Waals surface area contributed by atoms with E-state index in [0.717, 1.165) is 5.56 Å². The number of nitrogens with zero attached hydrogens (tertiary/aromatic N) is 3. The van der Waals surface area contributed by atoms with Crippen molar-refractivity contribution in [2.75, 3.05) is 5.32 Å². The number of carbonyl (C=O) groups excluding carboxylic acids is 1. The molecule has 0 aliphatic rings. The van der Waals surface area contributed by atoms with Crippen molar-refractivity contribution in [3.05, 3.63) is 71.3 Å². The molecule has 2 heterocycles. The fraction of sp³-hybridized carbons (Fsp3) is 0.250. The van der Waals surface area contributed by atoms with Crippen molar-refractivity contribution in [1.82, 2.24) is 14.8 Å². The lowest BCUT2D eigenvalue weighted by Crippen LogP contribution is -2.14. The third-order valence-electron chi connectivity index (χ3n) is 4.03. The van der Waals surface area contributed by atoms with E-state index in [4.69, 9.17) is 16.3 Å². The number of ether oxygens (including phenoxy) is 1. The molecule has 30 heavy (non-hydrogen) atoms. The Bertz CT molecular complexity index is 1010. The molecule has 0 atom stereocenters. The van der Waals surface area contributed by atoms with Crippen LogP contribution in [0.2, 0.25) is 5.02 Å². The Morgan fingerprint density at radius 3 is 2.80 bits per heavy atom. The maximum atomic E-state index is 12.4. The van der Waals surface area contributed by atoms with E-state index in [2.05, 4.69) is 15.4 Å². The van der Waals surface area contributed by atoms with Gasteiger partial charge in [0.25, 0.3) is 5.91 Å². The van der Waals surface area contributed by atoms with Crippen LogP contribution < -0.4 is 10.1 Å². The molecule has 0 unspecified atom stereocenters. The SMILES string of the molecule is O=C(Nc1cnn(CCCC(F)(F)F)c1)c1cc(COc2ccccc2Cl)ccn1. The molecule has 0 radical (unpaired) electrons. The second-order valence-electron chi connectivity index (χ2n) is 6.43. The van der Waals surface area contributed by atoms with Crippen molar-refractivity contribution in [1.29, 1.82) is 0 Å². The van der Waals surface area contributed by atoms with E-state index < -0.39 is 18.5 Å². The Hall–Kier alpha value is -3.07. The van der Waals surface area contributed by atoms with Crippen LogP contribution in [0.25, 0.3) is 0 Å². The third kappa shape index (κ3) is 6.48. The highest BCUT2D eigenvalue weighted by Crippen LogP contribution is 2.24. The predicted molar refractivity (Wildman–Crippen MR) is 105 cm³/mol. The summed E-state index contributed by atoms with van der Waals surface area (Å²) in [6.45, 7) is 0.298. The molecule has 0 aliphatic carbocycles. The maximum Gasteiger partial charge on any atom is 0.389 e. The number of alkyl halides is 3. The summed E-state index contributed by atoms with van der Waals surface area (Å²) in [5.41, 5.74) is 1.25. The fourth-order valence-electron chi connectivity index (χ4n) is 2.60. The number of para-hydroxylation sites is 1. The smallest absolute Gasteiger partial charge is 0.389 e. The number of hydrogen-bond donors (Lipinski definition) is 1. The van der Waals surface area contributed by atoms with Crippen LogP contribution in [0, 0.1) is 0 Å². The Labute approximate surface area is 175 Å². The molecule has 1 N–H and O–H groups in total. The van der Waals surface area contributed by atoms with Crippen LogP contribution in [-0.4, -0.2) is 26.8 Å². The second kappa shape index (κ2) is 9.62. The molecule has 6 nitrogen and oxygen atoms in total. The van der Waals surface area contributed by atoms with Gasteiger partial charge in [0.1, 0.15) is 18.1 Å². The number of amides is 1. The molecule has 3 aromatic rings. The van der Waals surface area contributed by atoms with Crippen LogP contribution in [-0.2, 0) is 13.2 Å². The number of aryl methyl sites for hydroxylation is 1. The molecule has 1 amide bonds. The van der Waals surface area contributed by atoms with Gasteiger partial charge in [0.2, 0.25) is 0 Å². The van der Waals surface area contributed by atoms with Gasteiger partial charge in [0.05, 0.1) is 16.9 Å². The summed E-state index contributed by atoms with van der Waals surface area (Å²) in [7, 11) is 0. The normalized spacial score (nSPS) is 11.3. The van der Waals surface area contributed by atoms with Crippen molar-refractivity contribution in [3.8, 4) is 5.75 Å². The summed E-state index contributed by atoms with van der Waals surface area (Å²) in [4.78, 5) is 16.5. The first kappa shape index (κ1) is 21.6. The van der Waals surface area contributed by atoms with Gasteiger partial charge >= 0.3 is 6.18 Å². The molecule has 10 heteroatoms. The van der Waals surface area contributed by atoms with E-state index in [1.54, 1.807) is 36.4 Å². The van der Waals surface area contributed by atoms with Crippen LogP contribution in [0.1, 0.15) is 28.9 Å². The molecule has 3 rings (SSSR count). The molecular formula is C20H18ClF3N4O2. The summed E-state index contributed by atoms with van der Waals surface area (Å²) in [5, 5.41) is 7.06. The zero-order chi connectivity index (χ0) is 21.6. The van der Waals surface area contributed by atoms with Crippen molar-refractivity contribution >= 4 is 23.2 Å². The largest absolute Gasteiger partial charge is 0.487 e. The van der Waals surface area contributed by atoms with E-state index in [1.807, 2.05) is 0 Å². The van der Waals surface area contributed by atoms with E-state index in [-0.39, 0.29) is 25.3 Å². The molecule has 0 bridgehead atoms. The molecule has 0 fully saturated rings. The van der Waals surface area contributed by atoms with E-state index >= 15 is 0 Å². The fourth-order valence-corrected chi connectivity index (χ4v) is 2.79. The van der Waals surface area contributed by atoms with Crippen molar-refractivity contribution in [2.45, 2.75) is 32.2 Å². The molecule has 0 aliphatic heterocycles. The number of aromatic nitrogens is 3. The molecule has 0 saturated carbocycles. The van der Waals surface area contributed by atoms with Gasteiger partial charge in [-0.1, -0.05) is 23.7 Å². The summed E-state index contributed by atoms with van der Waals surface area (Å²) in [6.07, 6.45) is -0.846. The molecular weight excluding hydrogens is 421 g/mol. The average molecular weight is 439 g/mol. The van der Waals surface area contributed by atoms with Crippen molar-refractivity contribution in [3.63, 3.8) is 0 Å². The van der Waals surface area contributed by atoms with Gasteiger partial charge in [-0.2, -0.15) is 18.3 Å². The Morgan fingerprint density at radius 2 is 2.03 bits per heavy atom. The Balaban J connectivity index is 1.56. The number of benzene rings is 1. The highest BCUT2D eigenvalue weighted by Gasteiger charge is 2.26. The van der Waals surface area contributed by atoms with Gasteiger partial charge in [0, 0.05) is 25.4 Å². The third-order valence-corrected chi connectivity index (χ3v) is 4.34. The number of carbonyl (C=O) groups is 1. The molecule has 1 aromatic carbocycles. The van der Waals surface area contributed by atoms with Gasteiger partial charge < -0.3 is 10.1 Å². The van der Waals surface area contributed by atoms with Gasteiger partial charge in [0.15, 0.2) is 0 Å². The summed E-state index contributed by atoms with van der Waals surface area (Å²) < 4.78 is 43.7. The lowest BCUT2D eigenvalue weighted by atomic mass is 10.2. The molecule has 158 valence electrons. The predicted octanol–water partition coefficient (Wildman–Crippen LogP) is 5.11. The van der Waals surface area contributed by atoms with E-state index in [9.17, 15) is 18.0 Å². The monoisotopic (exact) mass is 438 g/mol. The van der Waals surface area contributed by atoms with Crippen LogP contribution in [0.5, 0.6) is 5.75 Å². The minimum atomic E-state index is -4.20. The highest BCUT2D eigenvalue weighted by atomic mass is 35.5. The van der Waals surface area contributed by atoms with Crippen molar-refractivity contribution in [2.24, 2.45) is 0 Å². The van der Waals surface area contributed by atoms with Gasteiger partial charge in [-0.15, -0.1) is 0 Å². The van der Waals surface area contributed by atoms with E-state index in [0.29, 0.717) is 16.5 Å². The number of pyridine rings is 1. The van der Waals surface area contributed by atoms with Gasteiger partial charge in [-0.25, -0.2) is 0 Å². The molecule has 0 saturated heterocycles. The lowest BCUT2D eigenvalue weighted by molar-refractivity contribution is -0.136. The van der Waals surface area contributed by atoms with Crippen LogP contribution in [0.15, 0.2) is 55.0 Å². The Morgan fingerprint density at radius 1 is 1.23 bits per heavy atom. The first-order chi connectivity index (χ1) is 14.3. The number of nitrogens with one attached hydrogen (secondary N) is 1. The summed E-state index contributed by atoms with van der Waals surface area (Å²) in [5.74, 6) is 0.0596. The quantitative estimate of drug-likeness (QED) is 0.531. The minimum absolute atomic E-state index is 0.0897. The first-order valence-corrected chi connectivity index (χ1v) is 9.41. The van der Waals surface area contributed by atoms with Gasteiger partial charge in [-0.05, 0) is 36.2 Å². The van der Waals surface area contributed by atoms with E-state index in [1.165, 1.54) is 23.3 Å². The second-order valence-corrected chi connectivity index (χ2v) is 6.84. The number of rotatable bonds is 8. The zero-order valence-corrected chi connectivity index (χ0v) is 16.5. The highest BCUT2D eigenvalue weighted by molar-refractivity contribution is 6.32. The van der Waals surface area contributed by atoms with Crippen LogP contribution in [0.3, 0.4) is 0 Å². The number of hydrogen-bond acceptors (Lipinski definition) is 4. The molecule has 0 spiro atoms. The maximum absolute atomic E-state index is 12.4. The van der Waals surface area contributed by atoms with Crippen molar-refractivity contribution < 1.29 is 22.7 Å². The number of halogens is 4. The standard InChI is InChI=1S/C20H18ClF3N4O2/c21-16-4-1-2-5-18(16)30-13-14-6-8-25-17(10-14)19(29)27-15-11-26-28(12-15)9-3-7-20(22,23)24/h1-2,4-6,8,10-12H,3,7,9,13H2,(H,27,29). The summed E-state index contributed by atoms with van der Waals surface area (Å²) in [6, 6.07) is 10.3. The topological polar surface area (TPSA) is 69.0 Å². The minimum Gasteiger partial charge on any atom is -0.487 e. The zero-order valence-electron chi connectivity index (χ0n) is 15.7. The Kier molecular flexibility index (Phi) is 6.94. The van der Waals surface area contributed by atoms with Crippen LogP contribution in [0.4, 0.5) is 18.9 Å².